The van der Waals surface area contributed by atoms with Crippen LogP contribution in [0, 0.1) is 5.82 Å². The second-order valence-electron chi connectivity index (χ2n) is 5.02. The highest BCUT2D eigenvalue weighted by molar-refractivity contribution is 7.09. The lowest BCUT2D eigenvalue weighted by atomic mass is 10.0. The molecule has 0 aliphatic heterocycles. The average Bonchev–Trinajstić information content (AvgIpc) is 2.89. The molecule has 2 rings (SSSR count). The molecule has 0 aliphatic carbocycles. The van der Waals surface area contributed by atoms with Gasteiger partial charge in [-0.25, -0.2) is 4.39 Å². The van der Waals surface area contributed by atoms with Crippen LogP contribution in [0.25, 0.3) is 0 Å². The first-order chi connectivity index (χ1) is 9.61. The lowest BCUT2D eigenvalue weighted by molar-refractivity contribution is 0.612. The number of nitrogens with zero attached hydrogens (tertiary/aromatic N) is 1. The fourth-order valence-corrected chi connectivity index (χ4v) is 3.08. The number of para-hydroxylation sites is 1. The Kier molecular flexibility index (Phi) is 5.15. The summed E-state index contributed by atoms with van der Waals surface area (Å²) >= 11 is 1.70. The predicted molar refractivity (Wildman–Crippen MR) is 84.8 cm³/mol. The number of halogens is 1. The van der Waals surface area contributed by atoms with E-state index in [2.05, 4.69) is 17.9 Å². The molecule has 108 valence electrons. The van der Waals surface area contributed by atoms with E-state index in [1.165, 1.54) is 10.9 Å². The number of hydrogen-bond donors (Lipinski definition) is 1. The summed E-state index contributed by atoms with van der Waals surface area (Å²) in [6.45, 7) is 5.51. The van der Waals surface area contributed by atoms with Crippen molar-refractivity contribution in [3.63, 3.8) is 0 Å². The molecule has 1 aromatic heterocycles. The molecule has 2 nitrogen and oxygen atoms in total. The van der Waals surface area contributed by atoms with Crippen LogP contribution in [0.15, 0.2) is 35.7 Å². The lowest BCUT2D eigenvalue weighted by Gasteiger charge is -2.26. The molecule has 1 atom stereocenters. The van der Waals surface area contributed by atoms with Gasteiger partial charge in [0.05, 0.1) is 12.2 Å². The molecule has 0 amide bonds. The van der Waals surface area contributed by atoms with Crippen LogP contribution >= 0.6 is 11.3 Å². The fourth-order valence-electron chi connectivity index (χ4n) is 2.37. The third-order valence-electron chi connectivity index (χ3n) is 3.24. The van der Waals surface area contributed by atoms with Crippen molar-refractivity contribution in [3.8, 4) is 0 Å². The van der Waals surface area contributed by atoms with Gasteiger partial charge in [0, 0.05) is 17.5 Å². The number of anilines is 1. The largest absolute Gasteiger partial charge is 0.364 e. The third kappa shape index (κ3) is 3.58. The van der Waals surface area contributed by atoms with E-state index >= 15 is 0 Å². The molecule has 2 aromatic rings. The number of thiophene rings is 1. The lowest BCUT2D eigenvalue weighted by Crippen LogP contribution is -2.26. The molecule has 0 aliphatic rings. The summed E-state index contributed by atoms with van der Waals surface area (Å²) in [6.07, 6.45) is 0.689. The zero-order valence-corrected chi connectivity index (χ0v) is 12.8. The minimum absolute atomic E-state index is 0.0241. The summed E-state index contributed by atoms with van der Waals surface area (Å²) in [5.41, 5.74) is 7.56. The minimum atomic E-state index is -0.165. The van der Waals surface area contributed by atoms with Crippen molar-refractivity contribution >= 4 is 17.0 Å². The molecule has 1 heterocycles. The van der Waals surface area contributed by atoms with E-state index in [0.29, 0.717) is 12.1 Å². The molecular formula is C16H21FN2S. The third-order valence-corrected chi connectivity index (χ3v) is 4.10. The summed E-state index contributed by atoms with van der Waals surface area (Å²) < 4.78 is 14.3. The molecule has 20 heavy (non-hydrogen) atoms. The summed E-state index contributed by atoms with van der Waals surface area (Å²) in [5, 5.41) is 2.05. The van der Waals surface area contributed by atoms with Crippen LogP contribution in [0.1, 0.15) is 24.3 Å². The second-order valence-corrected chi connectivity index (χ2v) is 6.05. The van der Waals surface area contributed by atoms with Crippen LogP contribution in [-0.4, -0.2) is 12.6 Å². The van der Waals surface area contributed by atoms with Crippen molar-refractivity contribution in [1.29, 1.82) is 0 Å². The van der Waals surface area contributed by atoms with E-state index in [1.54, 1.807) is 17.4 Å². The van der Waals surface area contributed by atoms with Gasteiger partial charge in [-0.05, 0) is 43.3 Å². The van der Waals surface area contributed by atoms with Crippen LogP contribution in [-0.2, 0) is 13.0 Å². The summed E-state index contributed by atoms with van der Waals surface area (Å²) in [5.74, 6) is -0.165. The highest BCUT2D eigenvalue weighted by Gasteiger charge is 2.16. The van der Waals surface area contributed by atoms with E-state index in [0.717, 1.165) is 18.7 Å². The Hall–Kier alpha value is -1.39. The Morgan fingerprint density at radius 3 is 2.70 bits per heavy atom. The van der Waals surface area contributed by atoms with Gasteiger partial charge in [-0.1, -0.05) is 18.2 Å². The molecule has 2 N–H and O–H groups in total. The molecular weight excluding hydrogens is 271 g/mol. The van der Waals surface area contributed by atoms with E-state index in [4.69, 9.17) is 5.73 Å². The zero-order valence-electron chi connectivity index (χ0n) is 12.0. The van der Waals surface area contributed by atoms with Gasteiger partial charge in [0.25, 0.3) is 0 Å². The first-order valence-electron chi connectivity index (χ1n) is 6.92. The molecule has 1 unspecified atom stereocenters. The van der Waals surface area contributed by atoms with Crippen molar-refractivity contribution in [2.75, 3.05) is 11.4 Å². The molecule has 4 heteroatoms. The van der Waals surface area contributed by atoms with Gasteiger partial charge in [0.15, 0.2) is 0 Å². The van der Waals surface area contributed by atoms with Gasteiger partial charge in [-0.15, -0.1) is 11.3 Å². The van der Waals surface area contributed by atoms with Crippen molar-refractivity contribution in [2.24, 2.45) is 5.73 Å². The smallest absolute Gasteiger partial charge is 0.146 e. The van der Waals surface area contributed by atoms with Gasteiger partial charge in [-0.3, -0.25) is 0 Å². The first kappa shape index (κ1) is 15.0. The Bertz CT molecular complexity index is 537. The number of hydrogen-bond acceptors (Lipinski definition) is 3. The maximum absolute atomic E-state index is 14.3. The van der Waals surface area contributed by atoms with Crippen molar-refractivity contribution < 1.29 is 4.39 Å². The summed E-state index contributed by atoms with van der Waals surface area (Å²) in [6, 6.07) is 9.39. The number of nitrogens with two attached hydrogens (primary N) is 1. The molecule has 0 saturated heterocycles. The first-order valence-corrected chi connectivity index (χ1v) is 7.80. The molecule has 0 bridgehead atoms. The Balaban J connectivity index is 2.32. The van der Waals surface area contributed by atoms with E-state index < -0.39 is 0 Å². The fraction of sp³-hybridized carbons (Fsp3) is 0.375. The van der Waals surface area contributed by atoms with Crippen LogP contribution in [0.2, 0.25) is 0 Å². The van der Waals surface area contributed by atoms with Crippen LogP contribution in [0.3, 0.4) is 0 Å². The molecule has 0 radical (unpaired) electrons. The van der Waals surface area contributed by atoms with E-state index in [-0.39, 0.29) is 11.9 Å². The van der Waals surface area contributed by atoms with Gasteiger partial charge >= 0.3 is 0 Å². The van der Waals surface area contributed by atoms with Crippen molar-refractivity contribution in [2.45, 2.75) is 32.9 Å². The monoisotopic (exact) mass is 292 g/mol. The summed E-state index contributed by atoms with van der Waals surface area (Å²) in [7, 11) is 0. The van der Waals surface area contributed by atoms with Crippen molar-refractivity contribution in [1.82, 2.24) is 0 Å². The SMILES string of the molecule is CCN(Cc1cccs1)c1c(F)cccc1CC(C)N. The maximum atomic E-state index is 14.3. The van der Waals surface area contributed by atoms with Crippen LogP contribution < -0.4 is 10.6 Å². The maximum Gasteiger partial charge on any atom is 0.146 e. The quantitative estimate of drug-likeness (QED) is 0.877. The van der Waals surface area contributed by atoms with Crippen LogP contribution in [0.4, 0.5) is 10.1 Å². The Morgan fingerprint density at radius 1 is 1.30 bits per heavy atom. The van der Waals surface area contributed by atoms with E-state index in [1.807, 2.05) is 24.4 Å². The Labute approximate surface area is 124 Å². The van der Waals surface area contributed by atoms with Gasteiger partial charge < -0.3 is 10.6 Å². The average molecular weight is 292 g/mol. The zero-order chi connectivity index (χ0) is 14.5. The highest BCUT2D eigenvalue weighted by Crippen LogP contribution is 2.27. The minimum Gasteiger partial charge on any atom is -0.364 e. The molecule has 0 saturated carbocycles. The van der Waals surface area contributed by atoms with Crippen molar-refractivity contribution in [3.05, 3.63) is 52.0 Å². The normalized spacial score (nSPS) is 12.4. The van der Waals surface area contributed by atoms with E-state index in [9.17, 15) is 4.39 Å². The molecule has 0 fully saturated rings. The summed E-state index contributed by atoms with van der Waals surface area (Å²) in [4.78, 5) is 3.32. The Morgan fingerprint density at radius 2 is 2.10 bits per heavy atom. The molecule has 0 spiro atoms. The topological polar surface area (TPSA) is 29.3 Å². The number of rotatable bonds is 6. The second kappa shape index (κ2) is 6.86. The van der Waals surface area contributed by atoms with Gasteiger partial charge in [0.1, 0.15) is 5.82 Å². The van der Waals surface area contributed by atoms with Gasteiger partial charge in [-0.2, -0.15) is 0 Å². The highest BCUT2D eigenvalue weighted by atomic mass is 32.1. The number of benzene rings is 1. The van der Waals surface area contributed by atoms with Crippen LogP contribution in [0.5, 0.6) is 0 Å². The standard InChI is InChI=1S/C16H21FN2S/c1-3-19(11-14-7-5-9-20-14)16-13(10-12(2)18)6-4-8-15(16)17/h4-9,12H,3,10-11,18H2,1-2H3. The van der Waals surface area contributed by atoms with Gasteiger partial charge in [0.2, 0.25) is 0 Å². The molecule has 1 aromatic carbocycles. The predicted octanol–water partition coefficient (Wildman–Crippen LogP) is 3.80.